The number of aliphatic hydroxyl groups excluding tert-OH is 1. The lowest BCUT2D eigenvalue weighted by molar-refractivity contribution is 0.171. The van der Waals surface area contributed by atoms with Crippen molar-refractivity contribution in [1.82, 2.24) is 0 Å². The van der Waals surface area contributed by atoms with Gasteiger partial charge in [0.1, 0.15) is 5.75 Å². The minimum atomic E-state index is -0.552. The van der Waals surface area contributed by atoms with Crippen molar-refractivity contribution in [2.45, 2.75) is 25.9 Å². The van der Waals surface area contributed by atoms with E-state index in [0.29, 0.717) is 13.0 Å². The molecular formula is C17H19BrO2. The van der Waals surface area contributed by atoms with Gasteiger partial charge in [0.05, 0.1) is 12.7 Å². The van der Waals surface area contributed by atoms with Crippen LogP contribution in [0, 0.1) is 0 Å². The average Bonchev–Trinajstić information content (AvgIpc) is 2.47. The van der Waals surface area contributed by atoms with E-state index in [2.05, 4.69) is 22.9 Å². The third-order valence-corrected chi connectivity index (χ3v) is 3.61. The summed E-state index contributed by atoms with van der Waals surface area (Å²) in [5, 5.41) is 10.4. The molecule has 0 aliphatic rings. The first kappa shape index (κ1) is 15.1. The molecular weight excluding hydrogens is 316 g/mol. The number of rotatable bonds is 6. The molecule has 1 unspecified atom stereocenters. The van der Waals surface area contributed by atoms with Crippen molar-refractivity contribution in [3.05, 3.63) is 64.1 Å². The first-order valence-electron chi connectivity index (χ1n) is 6.85. The molecule has 2 nitrogen and oxygen atoms in total. The fourth-order valence-electron chi connectivity index (χ4n) is 2.05. The number of ether oxygens (including phenoxy) is 1. The van der Waals surface area contributed by atoms with Crippen LogP contribution in [0.15, 0.2) is 53.0 Å². The van der Waals surface area contributed by atoms with Crippen LogP contribution in [-0.2, 0) is 6.42 Å². The summed E-state index contributed by atoms with van der Waals surface area (Å²) >= 11 is 3.41. The van der Waals surface area contributed by atoms with Crippen LogP contribution in [0.2, 0.25) is 0 Å². The molecule has 1 atom stereocenters. The van der Waals surface area contributed by atoms with Crippen molar-refractivity contribution in [2.75, 3.05) is 6.61 Å². The minimum absolute atomic E-state index is 0.552. The summed E-state index contributed by atoms with van der Waals surface area (Å²) < 4.78 is 6.74. The van der Waals surface area contributed by atoms with Gasteiger partial charge in [0.2, 0.25) is 0 Å². The molecule has 0 saturated carbocycles. The summed E-state index contributed by atoms with van der Waals surface area (Å²) in [5.41, 5.74) is 1.95. The Morgan fingerprint density at radius 1 is 1.10 bits per heavy atom. The lowest BCUT2D eigenvalue weighted by atomic mass is 10.0. The third-order valence-electron chi connectivity index (χ3n) is 3.08. The Morgan fingerprint density at radius 2 is 1.80 bits per heavy atom. The van der Waals surface area contributed by atoms with Crippen LogP contribution in [0.4, 0.5) is 0 Å². The van der Waals surface area contributed by atoms with Crippen LogP contribution in [0.5, 0.6) is 5.75 Å². The maximum Gasteiger partial charge on any atom is 0.125 e. The molecule has 0 aliphatic carbocycles. The van der Waals surface area contributed by atoms with E-state index in [1.165, 1.54) is 0 Å². The highest BCUT2D eigenvalue weighted by atomic mass is 79.9. The minimum Gasteiger partial charge on any atom is -0.493 e. The molecule has 0 bridgehead atoms. The maximum absolute atomic E-state index is 10.4. The van der Waals surface area contributed by atoms with E-state index in [9.17, 15) is 5.11 Å². The zero-order valence-electron chi connectivity index (χ0n) is 11.6. The molecule has 20 heavy (non-hydrogen) atoms. The molecule has 2 aromatic carbocycles. The fourth-order valence-corrected chi connectivity index (χ4v) is 2.32. The third kappa shape index (κ3) is 4.09. The van der Waals surface area contributed by atoms with Gasteiger partial charge < -0.3 is 9.84 Å². The molecule has 0 amide bonds. The number of halogens is 1. The second kappa shape index (κ2) is 7.46. The highest BCUT2D eigenvalue weighted by Gasteiger charge is 2.13. The number of benzene rings is 2. The summed E-state index contributed by atoms with van der Waals surface area (Å²) in [6, 6.07) is 15.7. The van der Waals surface area contributed by atoms with Crippen LogP contribution >= 0.6 is 15.9 Å². The van der Waals surface area contributed by atoms with Crippen LogP contribution in [0.3, 0.4) is 0 Å². The van der Waals surface area contributed by atoms with E-state index in [1.54, 1.807) is 0 Å². The van der Waals surface area contributed by atoms with Crippen molar-refractivity contribution < 1.29 is 9.84 Å². The predicted molar refractivity (Wildman–Crippen MR) is 85.0 cm³/mol. The molecule has 0 saturated heterocycles. The zero-order valence-corrected chi connectivity index (χ0v) is 13.1. The predicted octanol–water partition coefficient (Wildman–Crippen LogP) is 4.51. The van der Waals surface area contributed by atoms with Gasteiger partial charge in [0.15, 0.2) is 0 Å². The lowest BCUT2D eigenvalue weighted by Gasteiger charge is -2.16. The molecule has 0 fully saturated rings. The largest absolute Gasteiger partial charge is 0.493 e. The number of hydrogen-bond acceptors (Lipinski definition) is 2. The normalized spacial score (nSPS) is 12.2. The monoisotopic (exact) mass is 334 g/mol. The molecule has 2 rings (SSSR count). The Balaban J connectivity index is 2.12. The van der Waals surface area contributed by atoms with Gasteiger partial charge in [-0.05, 0) is 30.2 Å². The Labute approximate surface area is 128 Å². The van der Waals surface area contributed by atoms with Crippen molar-refractivity contribution in [3.8, 4) is 5.75 Å². The Bertz CT molecular complexity index is 537. The molecule has 1 N–H and O–H groups in total. The highest BCUT2D eigenvalue weighted by Crippen LogP contribution is 2.28. The van der Waals surface area contributed by atoms with Crippen LogP contribution in [0.1, 0.15) is 30.6 Å². The first-order chi connectivity index (χ1) is 9.70. The molecule has 0 aromatic heterocycles. The summed E-state index contributed by atoms with van der Waals surface area (Å²) in [6.07, 6.45) is 0.987. The second-order valence-electron chi connectivity index (χ2n) is 4.73. The number of aliphatic hydroxyl groups is 1. The first-order valence-corrected chi connectivity index (χ1v) is 7.64. The van der Waals surface area contributed by atoms with E-state index in [-0.39, 0.29) is 0 Å². The summed E-state index contributed by atoms with van der Waals surface area (Å²) in [4.78, 5) is 0. The van der Waals surface area contributed by atoms with Gasteiger partial charge in [-0.3, -0.25) is 0 Å². The van der Waals surface area contributed by atoms with E-state index in [4.69, 9.17) is 4.74 Å². The Hall–Kier alpha value is -1.32. The maximum atomic E-state index is 10.4. The summed E-state index contributed by atoms with van der Waals surface area (Å²) in [5.74, 6) is 0.777. The summed E-state index contributed by atoms with van der Waals surface area (Å²) in [6.45, 7) is 2.74. The van der Waals surface area contributed by atoms with E-state index in [0.717, 1.165) is 27.8 Å². The van der Waals surface area contributed by atoms with Crippen molar-refractivity contribution in [3.63, 3.8) is 0 Å². The van der Waals surface area contributed by atoms with E-state index in [1.807, 2.05) is 48.5 Å². The fraction of sp³-hybridized carbons (Fsp3) is 0.294. The van der Waals surface area contributed by atoms with Crippen LogP contribution in [-0.4, -0.2) is 11.7 Å². The Kier molecular flexibility index (Phi) is 5.62. The van der Waals surface area contributed by atoms with Crippen LogP contribution < -0.4 is 4.74 Å². The van der Waals surface area contributed by atoms with Gasteiger partial charge in [-0.25, -0.2) is 0 Å². The molecule has 2 aromatic rings. The van der Waals surface area contributed by atoms with Gasteiger partial charge in [-0.2, -0.15) is 0 Å². The Morgan fingerprint density at radius 3 is 2.50 bits per heavy atom. The van der Waals surface area contributed by atoms with Gasteiger partial charge in [-0.15, -0.1) is 0 Å². The topological polar surface area (TPSA) is 29.5 Å². The molecule has 0 spiro atoms. The van der Waals surface area contributed by atoms with Gasteiger partial charge in [0, 0.05) is 16.5 Å². The smallest absolute Gasteiger partial charge is 0.125 e. The van der Waals surface area contributed by atoms with Crippen molar-refractivity contribution in [2.24, 2.45) is 0 Å². The van der Waals surface area contributed by atoms with E-state index < -0.39 is 6.10 Å². The summed E-state index contributed by atoms with van der Waals surface area (Å²) in [7, 11) is 0. The molecule has 0 aliphatic heterocycles. The van der Waals surface area contributed by atoms with Crippen LogP contribution in [0.25, 0.3) is 0 Å². The number of hydrogen-bond donors (Lipinski definition) is 1. The van der Waals surface area contributed by atoms with Crippen molar-refractivity contribution in [1.29, 1.82) is 0 Å². The highest BCUT2D eigenvalue weighted by molar-refractivity contribution is 9.10. The van der Waals surface area contributed by atoms with Gasteiger partial charge in [0.25, 0.3) is 0 Å². The van der Waals surface area contributed by atoms with Gasteiger partial charge >= 0.3 is 0 Å². The van der Waals surface area contributed by atoms with Crippen molar-refractivity contribution >= 4 is 15.9 Å². The number of para-hydroxylation sites is 1. The molecule has 106 valence electrons. The average molecular weight is 335 g/mol. The quantitative estimate of drug-likeness (QED) is 0.841. The standard InChI is InChI=1S/C17H19BrO2/c1-2-11-20-17-6-4-3-5-15(17)16(19)12-13-7-9-14(18)10-8-13/h3-10,16,19H,2,11-12H2,1H3. The zero-order chi connectivity index (χ0) is 14.4. The lowest BCUT2D eigenvalue weighted by Crippen LogP contribution is -2.06. The molecule has 3 heteroatoms. The van der Waals surface area contributed by atoms with E-state index >= 15 is 0 Å². The van der Waals surface area contributed by atoms with Gasteiger partial charge in [-0.1, -0.05) is 53.2 Å². The SMILES string of the molecule is CCCOc1ccccc1C(O)Cc1ccc(Br)cc1. The molecule has 0 heterocycles. The molecule has 0 radical (unpaired) electrons. The second-order valence-corrected chi connectivity index (χ2v) is 5.65.